The van der Waals surface area contributed by atoms with E-state index in [9.17, 15) is 9.59 Å². The van der Waals surface area contributed by atoms with Gasteiger partial charge in [-0.2, -0.15) is 0 Å². The van der Waals surface area contributed by atoms with Crippen LogP contribution >= 0.6 is 11.8 Å². The number of aryl methyl sites for hydroxylation is 2. The summed E-state index contributed by atoms with van der Waals surface area (Å²) < 4.78 is 0. The number of nitrogens with one attached hydrogen (secondary N) is 1. The van der Waals surface area contributed by atoms with Gasteiger partial charge in [0.2, 0.25) is 5.91 Å². The van der Waals surface area contributed by atoms with Crippen LogP contribution in [-0.2, 0) is 4.79 Å². The van der Waals surface area contributed by atoms with E-state index in [2.05, 4.69) is 19.2 Å². The number of hydrogen-bond donors (Lipinski definition) is 1. The van der Waals surface area contributed by atoms with Crippen LogP contribution < -0.4 is 5.32 Å². The Morgan fingerprint density at radius 2 is 2.09 bits per heavy atom. The summed E-state index contributed by atoms with van der Waals surface area (Å²) in [4.78, 5) is 26.9. The molecule has 1 saturated heterocycles. The zero-order valence-electron chi connectivity index (χ0n) is 14.4. The zero-order chi connectivity index (χ0) is 17.0. The molecule has 126 valence electrons. The second-order valence-electron chi connectivity index (χ2n) is 6.58. The minimum atomic E-state index is -0.361. The molecule has 23 heavy (non-hydrogen) atoms. The molecular formula is C18H26N2O2S. The molecule has 5 heteroatoms. The van der Waals surface area contributed by atoms with Crippen LogP contribution in [0.15, 0.2) is 18.2 Å². The summed E-state index contributed by atoms with van der Waals surface area (Å²) in [6, 6.07) is 5.46. The number of nitrogens with zero attached hydrogens (tertiary/aromatic N) is 1. The van der Waals surface area contributed by atoms with Crippen molar-refractivity contribution in [3.05, 3.63) is 34.9 Å². The van der Waals surface area contributed by atoms with Gasteiger partial charge in [0.15, 0.2) is 0 Å². The van der Waals surface area contributed by atoms with Gasteiger partial charge >= 0.3 is 0 Å². The highest BCUT2D eigenvalue weighted by Gasteiger charge is 2.35. The van der Waals surface area contributed by atoms with Crippen LogP contribution in [0, 0.1) is 19.8 Å². The lowest BCUT2D eigenvalue weighted by atomic mass is 10.0. The van der Waals surface area contributed by atoms with Gasteiger partial charge in [0, 0.05) is 17.9 Å². The van der Waals surface area contributed by atoms with Crippen LogP contribution in [0.5, 0.6) is 0 Å². The summed E-state index contributed by atoms with van der Waals surface area (Å²) in [6.45, 7) is 8.89. The van der Waals surface area contributed by atoms with Crippen LogP contribution in [0.4, 0.5) is 0 Å². The highest BCUT2D eigenvalue weighted by molar-refractivity contribution is 7.99. The molecule has 0 bridgehead atoms. The molecule has 1 aliphatic rings. The highest BCUT2D eigenvalue weighted by atomic mass is 32.2. The lowest BCUT2D eigenvalue weighted by Gasteiger charge is -2.24. The number of carbonyl (C=O) groups excluding carboxylic acids is 2. The van der Waals surface area contributed by atoms with Gasteiger partial charge in [0.1, 0.15) is 6.04 Å². The Morgan fingerprint density at radius 3 is 2.74 bits per heavy atom. The molecule has 0 aromatic heterocycles. The van der Waals surface area contributed by atoms with E-state index in [-0.39, 0.29) is 17.9 Å². The van der Waals surface area contributed by atoms with Crippen molar-refractivity contribution in [1.82, 2.24) is 10.2 Å². The maximum Gasteiger partial charge on any atom is 0.255 e. The van der Waals surface area contributed by atoms with E-state index in [1.165, 1.54) is 0 Å². The molecule has 1 aromatic carbocycles. The van der Waals surface area contributed by atoms with Crippen molar-refractivity contribution < 1.29 is 9.59 Å². The zero-order valence-corrected chi connectivity index (χ0v) is 15.2. The third-order valence-electron chi connectivity index (χ3n) is 4.08. The predicted octanol–water partition coefficient (Wildman–Crippen LogP) is 2.98. The second kappa shape index (κ2) is 7.86. The van der Waals surface area contributed by atoms with Crippen molar-refractivity contribution in [2.45, 2.75) is 40.2 Å². The number of benzene rings is 1. The molecule has 4 nitrogen and oxygen atoms in total. The number of rotatable bonds is 5. The fourth-order valence-corrected chi connectivity index (χ4v) is 3.82. The number of hydrogen-bond acceptors (Lipinski definition) is 3. The minimum Gasteiger partial charge on any atom is -0.354 e. The van der Waals surface area contributed by atoms with Crippen LogP contribution in [-0.4, -0.2) is 40.9 Å². The van der Waals surface area contributed by atoms with Gasteiger partial charge in [-0.1, -0.05) is 31.5 Å². The number of carbonyl (C=O) groups is 2. The summed E-state index contributed by atoms with van der Waals surface area (Å²) in [5.74, 6) is 1.73. The van der Waals surface area contributed by atoms with Crippen molar-refractivity contribution in [2.24, 2.45) is 5.92 Å². The predicted molar refractivity (Wildman–Crippen MR) is 95.7 cm³/mol. The molecule has 1 aliphatic heterocycles. The third-order valence-corrected chi connectivity index (χ3v) is 5.09. The lowest BCUT2D eigenvalue weighted by molar-refractivity contribution is -0.124. The normalized spacial score (nSPS) is 17.6. The Balaban J connectivity index is 2.05. The first kappa shape index (κ1) is 17.9. The summed E-state index contributed by atoms with van der Waals surface area (Å²) in [5.41, 5.74) is 2.79. The molecular weight excluding hydrogens is 308 g/mol. The van der Waals surface area contributed by atoms with E-state index >= 15 is 0 Å². The molecule has 0 aliphatic carbocycles. The SMILES string of the molecule is Cc1ccc(C(=O)N2CSC[C@H]2C(=O)NCCC(C)C)c(C)c1. The number of thioether (sulfide) groups is 1. The van der Waals surface area contributed by atoms with E-state index in [0.717, 1.165) is 17.5 Å². The van der Waals surface area contributed by atoms with Gasteiger partial charge in [-0.05, 0) is 37.8 Å². The second-order valence-corrected chi connectivity index (χ2v) is 7.58. The maximum absolute atomic E-state index is 12.8. The van der Waals surface area contributed by atoms with Gasteiger partial charge in [-0.25, -0.2) is 0 Å². The molecule has 1 aromatic rings. The van der Waals surface area contributed by atoms with Gasteiger partial charge in [-0.3, -0.25) is 9.59 Å². The van der Waals surface area contributed by atoms with E-state index in [4.69, 9.17) is 0 Å². The maximum atomic E-state index is 12.8. The number of amides is 2. The standard InChI is InChI=1S/C18H26N2O2S/c1-12(2)7-8-19-17(21)16-10-23-11-20(16)18(22)15-6-5-13(3)9-14(15)4/h5-6,9,12,16H,7-8,10-11H2,1-4H3,(H,19,21)/t16-/m0/s1. The Bertz CT molecular complexity index is 586. The highest BCUT2D eigenvalue weighted by Crippen LogP contribution is 2.24. The van der Waals surface area contributed by atoms with Crippen molar-refractivity contribution >= 4 is 23.6 Å². The van der Waals surface area contributed by atoms with Gasteiger partial charge < -0.3 is 10.2 Å². The third kappa shape index (κ3) is 4.50. The average Bonchev–Trinajstić information content (AvgIpc) is 2.95. The van der Waals surface area contributed by atoms with Crippen LogP contribution in [0.1, 0.15) is 41.8 Å². The first-order valence-corrected chi connectivity index (χ1v) is 9.29. The minimum absolute atomic E-state index is 0.0336. The van der Waals surface area contributed by atoms with E-state index < -0.39 is 0 Å². The lowest BCUT2D eigenvalue weighted by Crippen LogP contribution is -2.47. The summed E-state index contributed by atoms with van der Waals surface area (Å²) in [7, 11) is 0. The van der Waals surface area contributed by atoms with Gasteiger partial charge in [0.25, 0.3) is 5.91 Å². The molecule has 0 spiro atoms. The van der Waals surface area contributed by atoms with Crippen LogP contribution in [0.3, 0.4) is 0 Å². The Morgan fingerprint density at radius 1 is 1.35 bits per heavy atom. The molecule has 0 saturated carbocycles. The van der Waals surface area contributed by atoms with Crippen molar-refractivity contribution in [2.75, 3.05) is 18.2 Å². The van der Waals surface area contributed by atoms with Crippen LogP contribution in [0.25, 0.3) is 0 Å². The summed E-state index contributed by atoms with van der Waals surface area (Å²) in [6.07, 6.45) is 0.955. The largest absolute Gasteiger partial charge is 0.354 e. The molecule has 1 atom stereocenters. The molecule has 1 fully saturated rings. The quantitative estimate of drug-likeness (QED) is 0.900. The Hall–Kier alpha value is -1.49. The molecule has 1 N–H and O–H groups in total. The molecule has 0 unspecified atom stereocenters. The molecule has 2 amide bonds. The Labute approximate surface area is 143 Å². The smallest absolute Gasteiger partial charge is 0.255 e. The fraction of sp³-hybridized carbons (Fsp3) is 0.556. The van der Waals surface area contributed by atoms with E-state index in [0.29, 0.717) is 29.7 Å². The van der Waals surface area contributed by atoms with Crippen LogP contribution in [0.2, 0.25) is 0 Å². The molecule has 1 heterocycles. The topological polar surface area (TPSA) is 49.4 Å². The van der Waals surface area contributed by atoms with Crippen molar-refractivity contribution in [3.8, 4) is 0 Å². The van der Waals surface area contributed by atoms with E-state index in [1.54, 1.807) is 16.7 Å². The summed E-state index contributed by atoms with van der Waals surface area (Å²) in [5, 5.41) is 2.97. The first-order chi connectivity index (χ1) is 10.9. The average molecular weight is 334 g/mol. The van der Waals surface area contributed by atoms with Gasteiger partial charge in [0.05, 0.1) is 5.88 Å². The van der Waals surface area contributed by atoms with Crippen molar-refractivity contribution in [3.63, 3.8) is 0 Å². The molecule has 0 radical (unpaired) electrons. The monoisotopic (exact) mass is 334 g/mol. The fourth-order valence-electron chi connectivity index (χ4n) is 2.67. The van der Waals surface area contributed by atoms with E-state index in [1.807, 2.05) is 32.0 Å². The summed E-state index contributed by atoms with van der Waals surface area (Å²) >= 11 is 1.63. The first-order valence-electron chi connectivity index (χ1n) is 8.14. The van der Waals surface area contributed by atoms with Gasteiger partial charge in [-0.15, -0.1) is 11.8 Å². The molecule has 2 rings (SSSR count). The van der Waals surface area contributed by atoms with Crippen molar-refractivity contribution in [1.29, 1.82) is 0 Å². The Kier molecular flexibility index (Phi) is 6.10.